The number of fused-ring (bicyclic) bond motifs is 2. The average molecular weight is 571 g/mol. The van der Waals surface area contributed by atoms with E-state index in [0.29, 0.717) is 28.7 Å². The Morgan fingerprint density at radius 3 is 2.90 bits per heavy atom. The van der Waals surface area contributed by atoms with Gasteiger partial charge in [-0.05, 0) is 57.0 Å². The van der Waals surface area contributed by atoms with Gasteiger partial charge >= 0.3 is 0 Å². The number of benzene rings is 1. The third kappa shape index (κ3) is 5.48. The van der Waals surface area contributed by atoms with Crippen LogP contribution in [0.3, 0.4) is 0 Å². The lowest BCUT2D eigenvalue weighted by molar-refractivity contribution is -0.135. The summed E-state index contributed by atoms with van der Waals surface area (Å²) in [6.45, 7) is 4.32. The number of amides is 2. The molecule has 2 aliphatic rings. The number of aromatic nitrogens is 2. The highest BCUT2D eigenvalue weighted by Crippen LogP contribution is 2.36. The second-order valence-corrected chi connectivity index (χ2v) is 12.4. The van der Waals surface area contributed by atoms with E-state index in [1.165, 1.54) is 11.3 Å². The molecule has 0 spiro atoms. The van der Waals surface area contributed by atoms with Gasteiger partial charge in [0.05, 0.1) is 17.4 Å². The molecule has 2 amide bonds. The predicted octanol–water partition coefficient (Wildman–Crippen LogP) is 3.61. The summed E-state index contributed by atoms with van der Waals surface area (Å²) in [5.74, 6) is -0.981. The Morgan fingerprint density at radius 2 is 2.13 bits per heavy atom. The second-order valence-electron chi connectivity index (χ2n) is 10.9. The van der Waals surface area contributed by atoms with Crippen LogP contribution in [0, 0.1) is 5.92 Å². The van der Waals surface area contributed by atoms with Crippen LogP contribution in [0.5, 0.6) is 0 Å². The molecule has 3 unspecified atom stereocenters. The van der Waals surface area contributed by atoms with Gasteiger partial charge in [0.25, 0.3) is 5.91 Å². The molecule has 3 atom stereocenters. The lowest BCUT2D eigenvalue weighted by Crippen LogP contribution is -2.66. The van der Waals surface area contributed by atoms with Crippen molar-refractivity contribution in [1.29, 1.82) is 0 Å². The van der Waals surface area contributed by atoms with Gasteiger partial charge < -0.3 is 25.8 Å². The molecule has 208 valence electrons. The topological polar surface area (TPSA) is 124 Å². The number of ketones is 1. The summed E-state index contributed by atoms with van der Waals surface area (Å²) in [5.41, 5.74) is 7.60. The van der Waals surface area contributed by atoms with Crippen molar-refractivity contribution in [3.63, 3.8) is 0 Å². The molecule has 4 N–H and O–H groups in total. The van der Waals surface area contributed by atoms with E-state index in [2.05, 4.69) is 20.2 Å². The standard InChI is InChI=1S/C28H35ClN6O3S/c1-4-10-35(3)27(38)16-7-9-28(30,24(36)21-13-17-12-18(29)5-6-19(17)31-21)23(14-16)33-25(37)26-32-20-8-11-34(2)15-22(20)39-26/h5-6,12-13,16,23,31H,4,7-11,14-15,30H2,1-3H3,(H,33,37). The molecule has 3 aromatic rings. The minimum atomic E-state index is -1.39. The number of thiazole rings is 1. The molecule has 1 aliphatic heterocycles. The highest BCUT2D eigenvalue weighted by Gasteiger charge is 2.49. The zero-order chi connectivity index (χ0) is 27.9. The van der Waals surface area contributed by atoms with Gasteiger partial charge in [0, 0.05) is 59.8 Å². The minimum absolute atomic E-state index is 0.0126. The van der Waals surface area contributed by atoms with Crippen LogP contribution < -0.4 is 11.1 Å². The Bertz CT molecular complexity index is 1420. The van der Waals surface area contributed by atoms with Crippen LogP contribution in [0.15, 0.2) is 24.3 Å². The highest BCUT2D eigenvalue weighted by molar-refractivity contribution is 7.13. The summed E-state index contributed by atoms with van der Waals surface area (Å²) in [4.78, 5) is 53.4. The van der Waals surface area contributed by atoms with Crippen molar-refractivity contribution < 1.29 is 14.4 Å². The van der Waals surface area contributed by atoms with Crippen LogP contribution in [0.2, 0.25) is 5.02 Å². The zero-order valence-electron chi connectivity index (χ0n) is 22.6. The fourth-order valence-electron chi connectivity index (χ4n) is 5.76. The molecule has 1 fully saturated rings. The van der Waals surface area contributed by atoms with Crippen molar-refractivity contribution in [2.45, 2.75) is 57.2 Å². The quantitative estimate of drug-likeness (QED) is 0.373. The van der Waals surface area contributed by atoms with Crippen molar-refractivity contribution in [3.05, 3.63) is 50.6 Å². The molecule has 0 saturated heterocycles. The number of halogens is 1. The number of H-pyrrole nitrogens is 1. The molecule has 0 bridgehead atoms. The number of nitrogens with zero attached hydrogens (tertiary/aromatic N) is 3. The van der Waals surface area contributed by atoms with E-state index in [4.69, 9.17) is 17.3 Å². The first-order chi connectivity index (χ1) is 18.6. The zero-order valence-corrected chi connectivity index (χ0v) is 24.1. The van der Waals surface area contributed by atoms with E-state index in [9.17, 15) is 14.4 Å². The third-order valence-corrected chi connectivity index (χ3v) is 9.32. The fraction of sp³-hybridized carbons (Fsp3) is 0.500. The smallest absolute Gasteiger partial charge is 0.280 e. The van der Waals surface area contributed by atoms with Crippen molar-refractivity contribution >= 4 is 51.4 Å². The molecule has 11 heteroatoms. The van der Waals surface area contributed by atoms with Gasteiger partial charge in [-0.3, -0.25) is 14.4 Å². The maximum absolute atomic E-state index is 14.0. The van der Waals surface area contributed by atoms with Gasteiger partial charge in [-0.25, -0.2) is 4.98 Å². The van der Waals surface area contributed by atoms with E-state index >= 15 is 0 Å². The second kappa shape index (κ2) is 11.0. The molecule has 1 aromatic carbocycles. The summed E-state index contributed by atoms with van der Waals surface area (Å²) in [7, 11) is 3.84. The Labute approximate surface area is 237 Å². The minimum Gasteiger partial charge on any atom is -0.352 e. The number of Topliss-reactive ketones (excluding diaryl/α,β-unsaturated/α-hetero) is 1. The molecule has 0 radical (unpaired) electrons. The van der Waals surface area contributed by atoms with Crippen LogP contribution in [-0.2, 0) is 17.8 Å². The van der Waals surface area contributed by atoms with Crippen LogP contribution in [0.1, 0.15) is 63.5 Å². The van der Waals surface area contributed by atoms with Crippen molar-refractivity contribution in [3.8, 4) is 0 Å². The summed E-state index contributed by atoms with van der Waals surface area (Å²) >= 11 is 7.53. The summed E-state index contributed by atoms with van der Waals surface area (Å²) in [5, 5.41) is 4.78. The SMILES string of the molecule is CCCN(C)C(=O)C1CCC(N)(C(=O)c2cc3cc(Cl)ccc3[nH]2)C(NC(=O)c2nc3c(s2)CN(C)CC3)C1. The van der Waals surface area contributed by atoms with Gasteiger partial charge in [0.15, 0.2) is 5.01 Å². The number of likely N-dealkylation sites (N-methyl/N-ethyl adjacent to an activating group) is 1. The Kier molecular flexibility index (Phi) is 7.83. The van der Waals surface area contributed by atoms with Gasteiger partial charge in [0.2, 0.25) is 11.7 Å². The first-order valence-corrected chi connectivity index (χ1v) is 14.6. The van der Waals surface area contributed by atoms with Crippen molar-refractivity contribution in [2.24, 2.45) is 11.7 Å². The van der Waals surface area contributed by atoms with E-state index < -0.39 is 11.6 Å². The maximum Gasteiger partial charge on any atom is 0.280 e. The Morgan fingerprint density at radius 1 is 1.33 bits per heavy atom. The van der Waals surface area contributed by atoms with Gasteiger partial charge in [-0.1, -0.05) is 18.5 Å². The lowest BCUT2D eigenvalue weighted by Gasteiger charge is -2.43. The number of nitrogens with one attached hydrogen (secondary N) is 2. The van der Waals surface area contributed by atoms with Gasteiger partial charge in [-0.15, -0.1) is 11.3 Å². The van der Waals surface area contributed by atoms with E-state index in [1.807, 2.05) is 20.0 Å². The lowest BCUT2D eigenvalue weighted by atomic mass is 9.70. The van der Waals surface area contributed by atoms with E-state index in [-0.39, 0.29) is 36.4 Å². The van der Waals surface area contributed by atoms with Crippen molar-refractivity contribution in [1.82, 2.24) is 25.1 Å². The summed E-state index contributed by atoms with van der Waals surface area (Å²) < 4.78 is 0. The Balaban J connectivity index is 1.43. The monoisotopic (exact) mass is 570 g/mol. The molecule has 39 heavy (non-hydrogen) atoms. The number of carbonyl (C=O) groups excluding carboxylic acids is 3. The number of rotatable bonds is 7. The summed E-state index contributed by atoms with van der Waals surface area (Å²) in [6.07, 6.45) is 2.65. The fourth-order valence-corrected chi connectivity index (χ4v) is 7.03. The summed E-state index contributed by atoms with van der Waals surface area (Å²) in [6, 6.07) is 6.36. The van der Waals surface area contributed by atoms with Crippen LogP contribution >= 0.6 is 22.9 Å². The predicted molar refractivity (Wildman–Crippen MR) is 153 cm³/mol. The van der Waals surface area contributed by atoms with Crippen molar-refractivity contribution in [2.75, 3.05) is 27.2 Å². The number of aromatic amines is 1. The molecule has 1 saturated carbocycles. The molecular formula is C28H35ClN6O3S. The molecular weight excluding hydrogens is 536 g/mol. The molecule has 1 aliphatic carbocycles. The Hall–Kier alpha value is -2.79. The number of hydrogen-bond acceptors (Lipinski definition) is 7. The average Bonchev–Trinajstić information content (AvgIpc) is 3.52. The van der Waals surface area contributed by atoms with Crippen LogP contribution in [0.25, 0.3) is 10.9 Å². The van der Waals surface area contributed by atoms with E-state index in [1.54, 1.807) is 30.1 Å². The number of hydrogen-bond donors (Lipinski definition) is 3. The first-order valence-electron chi connectivity index (χ1n) is 13.4. The van der Waals surface area contributed by atoms with Crippen LogP contribution in [0.4, 0.5) is 0 Å². The highest BCUT2D eigenvalue weighted by atomic mass is 35.5. The normalized spacial score (nSPS) is 23.4. The molecule has 2 aromatic heterocycles. The first kappa shape index (κ1) is 27.8. The van der Waals surface area contributed by atoms with E-state index in [0.717, 1.165) is 47.4 Å². The number of nitrogens with two attached hydrogens (primary N) is 1. The molecule has 5 rings (SSSR count). The van der Waals surface area contributed by atoms with Gasteiger partial charge in [-0.2, -0.15) is 0 Å². The van der Waals surface area contributed by atoms with Gasteiger partial charge in [0.1, 0.15) is 5.54 Å². The molecule has 3 heterocycles. The van der Waals surface area contributed by atoms with Crippen LogP contribution in [-0.4, -0.2) is 76.1 Å². The third-order valence-electron chi connectivity index (χ3n) is 8.00. The maximum atomic E-state index is 14.0. The number of carbonyl (C=O) groups is 3. The largest absolute Gasteiger partial charge is 0.352 e. The molecule has 9 nitrogen and oxygen atoms in total.